The van der Waals surface area contributed by atoms with Crippen molar-refractivity contribution >= 4 is 0 Å². The summed E-state index contributed by atoms with van der Waals surface area (Å²) in [5, 5.41) is 3.38. The van der Waals surface area contributed by atoms with E-state index in [9.17, 15) is 0 Å². The molecule has 0 aromatic rings. The third kappa shape index (κ3) is 7.96. The van der Waals surface area contributed by atoms with Gasteiger partial charge < -0.3 is 5.32 Å². The smallest absolute Gasteiger partial charge is 0.00967 e. The Morgan fingerprint density at radius 1 is 1.22 bits per heavy atom. The molecule has 0 amide bonds. The first-order valence-electron chi connectivity index (χ1n) is 3.46. The molecule has 0 rings (SSSR count). The van der Waals surface area contributed by atoms with Crippen molar-refractivity contribution in [3.63, 3.8) is 0 Å². The van der Waals surface area contributed by atoms with Crippen LogP contribution in [0.3, 0.4) is 0 Å². The van der Waals surface area contributed by atoms with Gasteiger partial charge in [0.15, 0.2) is 0 Å². The van der Waals surface area contributed by atoms with Crippen LogP contribution < -0.4 is 5.32 Å². The summed E-state index contributed by atoms with van der Waals surface area (Å²) < 4.78 is 0. The number of hydrogen-bond donors (Lipinski definition) is 1. The highest BCUT2D eigenvalue weighted by molar-refractivity contribution is 4.83. The molecule has 1 radical (unpaired) electrons. The summed E-state index contributed by atoms with van der Waals surface area (Å²) in [5.74, 6) is 1.44. The third-order valence-electron chi connectivity index (χ3n) is 0.972. The molecule has 0 saturated heterocycles. The Kier molecular flexibility index (Phi) is 3.20. The minimum absolute atomic E-state index is 0.261. The van der Waals surface area contributed by atoms with E-state index in [4.69, 9.17) is 0 Å². The van der Waals surface area contributed by atoms with Gasteiger partial charge in [0.1, 0.15) is 0 Å². The van der Waals surface area contributed by atoms with E-state index >= 15 is 0 Å². The van der Waals surface area contributed by atoms with Crippen LogP contribution in [0.5, 0.6) is 0 Å². The van der Waals surface area contributed by atoms with Crippen molar-refractivity contribution in [2.45, 2.75) is 40.2 Å². The molecule has 0 bridgehead atoms. The number of nitrogens with one attached hydrogen (secondary N) is 1. The minimum atomic E-state index is 0.261. The maximum atomic E-state index is 3.38. The zero-order valence-electron chi connectivity index (χ0n) is 7.21. The third-order valence-corrected chi connectivity index (χ3v) is 0.972. The summed E-state index contributed by atoms with van der Waals surface area (Å²) >= 11 is 0. The molecule has 1 nitrogen and oxygen atoms in total. The van der Waals surface area contributed by atoms with Crippen LogP contribution in [0.2, 0.25) is 0 Å². The first-order valence-corrected chi connectivity index (χ1v) is 3.46. The summed E-state index contributed by atoms with van der Waals surface area (Å²) in [6.07, 6.45) is 0. The Bertz CT molecular complexity index is 69.1. The van der Waals surface area contributed by atoms with Crippen molar-refractivity contribution < 1.29 is 0 Å². The van der Waals surface area contributed by atoms with Crippen molar-refractivity contribution in [2.24, 2.45) is 0 Å². The largest absolute Gasteiger partial charge is 0.312 e. The maximum absolute atomic E-state index is 3.38. The van der Waals surface area contributed by atoms with Gasteiger partial charge in [0.25, 0.3) is 0 Å². The lowest BCUT2D eigenvalue weighted by atomic mass is 10.1. The molecular formula is C8H18N. The Balaban J connectivity index is 3.28. The van der Waals surface area contributed by atoms with Gasteiger partial charge in [-0.1, -0.05) is 13.8 Å². The van der Waals surface area contributed by atoms with Crippen LogP contribution in [0.4, 0.5) is 0 Å². The van der Waals surface area contributed by atoms with Gasteiger partial charge in [-0.05, 0) is 26.7 Å². The van der Waals surface area contributed by atoms with Crippen molar-refractivity contribution in [2.75, 3.05) is 6.54 Å². The SMILES string of the molecule is C[C](C)CNC(C)(C)C. The van der Waals surface area contributed by atoms with Crippen LogP contribution in [-0.4, -0.2) is 12.1 Å². The number of rotatable bonds is 2. The molecule has 0 fully saturated rings. The van der Waals surface area contributed by atoms with Gasteiger partial charge in [-0.3, -0.25) is 0 Å². The van der Waals surface area contributed by atoms with Gasteiger partial charge in [0.2, 0.25) is 0 Å². The summed E-state index contributed by atoms with van der Waals surface area (Å²) in [6.45, 7) is 11.8. The van der Waals surface area contributed by atoms with Gasteiger partial charge in [0, 0.05) is 12.1 Å². The molecule has 0 spiro atoms. The van der Waals surface area contributed by atoms with Gasteiger partial charge >= 0.3 is 0 Å². The molecule has 0 heterocycles. The lowest BCUT2D eigenvalue weighted by Gasteiger charge is -2.21. The summed E-state index contributed by atoms with van der Waals surface area (Å²) in [7, 11) is 0. The normalized spacial score (nSPS) is 12.7. The van der Waals surface area contributed by atoms with Gasteiger partial charge in [0.05, 0.1) is 0 Å². The molecule has 0 aliphatic heterocycles. The van der Waals surface area contributed by atoms with Crippen molar-refractivity contribution in [1.29, 1.82) is 0 Å². The van der Waals surface area contributed by atoms with E-state index in [1.54, 1.807) is 0 Å². The molecule has 0 saturated carbocycles. The van der Waals surface area contributed by atoms with Crippen LogP contribution in [-0.2, 0) is 0 Å². The lowest BCUT2D eigenvalue weighted by molar-refractivity contribution is 0.434. The van der Waals surface area contributed by atoms with Crippen molar-refractivity contribution in [1.82, 2.24) is 5.32 Å². The summed E-state index contributed by atoms with van der Waals surface area (Å²) in [4.78, 5) is 0. The second kappa shape index (κ2) is 3.21. The van der Waals surface area contributed by atoms with E-state index in [1.807, 2.05) is 0 Å². The Morgan fingerprint density at radius 3 is 1.78 bits per heavy atom. The standard InChI is InChI=1S/C8H18N/c1-7(2)6-9-8(3,4)5/h9H,6H2,1-5H3. The molecule has 0 atom stereocenters. The fourth-order valence-electron chi connectivity index (χ4n) is 0.442. The average molecular weight is 128 g/mol. The van der Waals surface area contributed by atoms with Gasteiger partial charge in [-0.25, -0.2) is 0 Å². The zero-order chi connectivity index (χ0) is 7.49. The zero-order valence-corrected chi connectivity index (χ0v) is 7.21. The van der Waals surface area contributed by atoms with Crippen molar-refractivity contribution in [3.05, 3.63) is 5.92 Å². The highest BCUT2D eigenvalue weighted by atomic mass is 14.9. The predicted octanol–water partition coefficient (Wildman–Crippen LogP) is 1.99. The monoisotopic (exact) mass is 128 g/mol. The van der Waals surface area contributed by atoms with Gasteiger partial charge in [-0.2, -0.15) is 0 Å². The lowest BCUT2D eigenvalue weighted by Crippen LogP contribution is -2.37. The first kappa shape index (κ1) is 8.96. The topological polar surface area (TPSA) is 12.0 Å². The molecule has 0 aliphatic carbocycles. The Hall–Kier alpha value is -0.0400. The average Bonchev–Trinajstić information content (AvgIpc) is 1.59. The highest BCUT2D eigenvalue weighted by Gasteiger charge is 2.08. The quantitative estimate of drug-likeness (QED) is 0.599. The van der Waals surface area contributed by atoms with E-state index in [2.05, 4.69) is 39.9 Å². The predicted molar refractivity (Wildman–Crippen MR) is 42.3 cm³/mol. The fraction of sp³-hybridized carbons (Fsp3) is 0.875. The summed E-state index contributed by atoms with van der Waals surface area (Å²) in [5.41, 5.74) is 0.261. The van der Waals surface area contributed by atoms with Crippen LogP contribution in [0.15, 0.2) is 0 Å². The highest BCUT2D eigenvalue weighted by Crippen LogP contribution is 2.00. The van der Waals surface area contributed by atoms with E-state index in [1.165, 1.54) is 5.92 Å². The fourth-order valence-corrected chi connectivity index (χ4v) is 0.442. The summed E-state index contributed by atoms with van der Waals surface area (Å²) in [6, 6.07) is 0. The molecule has 9 heavy (non-hydrogen) atoms. The van der Waals surface area contributed by atoms with E-state index in [0.717, 1.165) is 6.54 Å². The van der Waals surface area contributed by atoms with Gasteiger partial charge in [-0.15, -0.1) is 0 Å². The molecule has 0 aromatic carbocycles. The van der Waals surface area contributed by atoms with Crippen molar-refractivity contribution in [3.8, 4) is 0 Å². The molecule has 0 aromatic heterocycles. The number of hydrogen-bond acceptors (Lipinski definition) is 1. The molecule has 55 valence electrons. The van der Waals surface area contributed by atoms with E-state index < -0.39 is 0 Å². The van der Waals surface area contributed by atoms with Crippen LogP contribution in [0.25, 0.3) is 0 Å². The Labute approximate surface area is 58.8 Å². The van der Waals surface area contributed by atoms with E-state index in [0.29, 0.717) is 0 Å². The maximum Gasteiger partial charge on any atom is 0.00967 e. The second-order valence-corrected chi connectivity index (χ2v) is 3.81. The molecule has 0 aliphatic rings. The molecule has 1 heteroatoms. The second-order valence-electron chi connectivity index (χ2n) is 3.81. The molecule has 1 N–H and O–H groups in total. The Morgan fingerprint density at radius 2 is 1.67 bits per heavy atom. The van der Waals surface area contributed by atoms with Crippen LogP contribution in [0.1, 0.15) is 34.6 Å². The van der Waals surface area contributed by atoms with Crippen LogP contribution in [0, 0.1) is 5.92 Å². The van der Waals surface area contributed by atoms with E-state index in [-0.39, 0.29) is 5.54 Å². The molecular weight excluding hydrogens is 110 g/mol. The molecule has 0 unspecified atom stereocenters. The van der Waals surface area contributed by atoms with Crippen LogP contribution >= 0.6 is 0 Å². The first-order chi connectivity index (χ1) is 3.92. The minimum Gasteiger partial charge on any atom is -0.312 e.